The smallest absolute Gasteiger partial charge is 0.408 e. The lowest BCUT2D eigenvalue weighted by molar-refractivity contribution is 0.115. The van der Waals surface area contributed by atoms with Crippen molar-refractivity contribution in [3.05, 3.63) is 47.9 Å². The van der Waals surface area contributed by atoms with Gasteiger partial charge in [-0.1, -0.05) is 0 Å². The predicted octanol–water partition coefficient (Wildman–Crippen LogP) is 3.31. The Hall–Kier alpha value is -3.47. The van der Waals surface area contributed by atoms with Crippen molar-refractivity contribution < 1.29 is 9.53 Å². The summed E-state index contributed by atoms with van der Waals surface area (Å²) < 4.78 is 5.49. The van der Waals surface area contributed by atoms with E-state index in [1.54, 1.807) is 24.5 Å². The summed E-state index contributed by atoms with van der Waals surface area (Å²) >= 11 is 0. The van der Waals surface area contributed by atoms with Crippen molar-refractivity contribution in [2.75, 3.05) is 5.32 Å². The molecule has 2 aliphatic rings. The van der Waals surface area contributed by atoms with Crippen molar-refractivity contribution in [1.29, 1.82) is 5.26 Å². The van der Waals surface area contributed by atoms with E-state index < -0.39 is 0 Å². The number of ether oxygens (including phenoxy) is 1. The van der Waals surface area contributed by atoms with E-state index in [2.05, 4.69) is 25.6 Å². The minimum Gasteiger partial charge on any atom is -0.442 e. The van der Waals surface area contributed by atoms with Crippen molar-refractivity contribution >= 4 is 23.4 Å². The molecule has 1 fully saturated rings. The fourth-order valence-corrected chi connectivity index (χ4v) is 2.96. The van der Waals surface area contributed by atoms with Crippen molar-refractivity contribution in [3.63, 3.8) is 0 Å². The van der Waals surface area contributed by atoms with E-state index in [1.165, 1.54) is 6.20 Å². The summed E-state index contributed by atoms with van der Waals surface area (Å²) in [6, 6.07) is 5.40. The first-order valence-corrected chi connectivity index (χ1v) is 9.18. The summed E-state index contributed by atoms with van der Waals surface area (Å²) in [5, 5.41) is 14.7. The number of pyridine rings is 1. The van der Waals surface area contributed by atoms with Crippen LogP contribution in [0.25, 0.3) is 5.57 Å². The Labute approximate surface area is 162 Å². The Kier molecular flexibility index (Phi) is 4.65. The number of amides is 1. The van der Waals surface area contributed by atoms with Gasteiger partial charge in [0.2, 0.25) is 5.95 Å². The molecular formula is C20H20N6O2. The van der Waals surface area contributed by atoms with Gasteiger partial charge in [0, 0.05) is 29.7 Å². The van der Waals surface area contributed by atoms with Crippen molar-refractivity contribution in [3.8, 4) is 6.07 Å². The average Bonchev–Trinajstić information content (AvgIpc) is 3.23. The zero-order valence-electron chi connectivity index (χ0n) is 15.5. The van der Waals surface area contributed by atoms with E-state index in [-0.39, 0.29) is 17.7 Å². The normalized spacial score (nSPS) is 19.3. The first-order chi connectivity index (χ1) is 13.5. The molecule has 0 aromatic carbocycles. The lowest BCUT2D eigenvalue weighted by Gasteiger charge is -2.14. The van der Waals surface area contributed by atoms with Crippen LogP contribution in [0.15, 0.2) is 36.8 Å². The molecule has 142 valence electrons. The lowest BCUT2D eigenvalue weighted by Crippen LogP contribution is -2.36. The molecule has 4 rings (SSSR count). The standard InChI is InChI=1S/C20H20N6O2/c1-20(6-7-20)26-19(27)28-16-4-3-14(8-16)15-11-23-18(24-12-15)25-17-5-2-13(9-21)10-22-17/h2,5,8,10-12,16H,3-4,6-7H2,1H3,(H,26,27)(H,22,23,24,25)/t16-/m1/s1. The first-order valence-electron chi connectivity index (χ1n) is 9.18. The summed E-state index contributed by atoms with van der Waals surface area (Å²) in [6.07, 6.45) is 9.91. The number of anilines is 2. The third kappa shape index (κ3) is 4.26. The van der Waals surface area contributed by atoms with Gasteiger partial charge >= 0.3 is 6.09 Å². The number of nitrogens with zero attached hydrogens (tertiary/aromatic N) is 4. The lowest BCUT2D eigenvalue weighted by atomic mass is 10.1. The highest BCUT2D eigenvalue weighted by atomic mass is 16.6. The molecule has 1 amide bonds. The van der Waals surface area contributed by atoms with E-state index in [0.29, 0.717) is 17.3 Å². The van der Waals surface area contributed by atoms with E-state index >= 15 is 0 Å². The fraction of sp³-hybridized carbons (Fsp3) is 0.350. The highest BCUT2D eigenvalue weighted by molar-refractivity contribution is 5.71. The number of carbonyl (C=O) groups is 1. The molecule has 0 spiro atoms. The summed E-state index contributed by atoms with van der Waals surface area (Å²) in [7, 11) is 0. The third-order valence-electron chi connectivity index (χ3n) is 4.90. The summed E-state index contributed by atoms with van der Waals surface area (Å²) in [4.78, 5) is 24.7. The van der Waals surface area contributed by atoms with E-state index in [1.807, 2.05) is 19.1 Å². The van der Waals surface area contributed by atoms with Crippen LogP contribution in [0.3, 0.4) is 0 Å². The molecule has 1 atom stereocenters. The van der Waals surface area contributed by atoms with Crippen LogP contribution in [0.2, 0.25) is 0 Å². The number of hydrogen-bond acceptors (Lipinski definition) is 7. The monoisotopic (exact) mass is 376 g/mol. The van der Waals surface area contributed by atoms with E-state index in [4.69, 9.17) is 10.00 Å². The van der Waals surface area contributed by atoms with Crippen LogP contribution < -0.4 is 10.6 Å². The summed E-state index contributed by atoms with van der Waals surface area (Å²) in [5.41, 5.74) is 2.38. The fourth-order valence-electron chi connectivity index (χ4n) is 2.96. The molecular weight excluding hydrogens is 356 g/mol. The van der Waals surface area contributed by atoms with Gasteiger partial charge in [-0.15, -0.1) is 0 Å². The Morgan fingerprint density at radius 1 is 1.25 bits per heavy atom. The molecule has 2 aliphatic carbocycles. The molecule has 8 nitrogen and oxygen atoms in total. The first kappa shape index (κ1) is 17.9. The Morgan fingerprint density at radius 2 is 2.04 bits per heavy atom. The van der Waals surface area contributed by atoms with Gasteiger partial charge in [0.05, 0.1) is 5.56 Å². The molecule has 2 aromatic rings. The van der Waals surface area contributed by atoms with Crippen molar-refractivity contribution in [2.45, 2.75) is 44.2 Å². The largest absolute Gasteiger partial charge is 0.442 e. The Balaban J connectivity index is 1.35. The molecule has 0 saturated heterocycles. The number of nitriles is 1. The van der Waals surface area contributed by atoms with Gasteiger partial charge in [-0.05, 0) is 56.4 Å². The van der Waals surface area contributed by atoms with Crippen LogP contribution in [0.1, 0.15) is 43.7 Å². The maximum absolute atomic E-state index is 11.9. The highest BCUT2D eigenvalue weighted by Crippen LogP contribution is 2.35. The molecule has 2 N–H and O–H groups in total. The molecule has 0 aliphatic heterocycles. The Bertz CT molecular complexity index is 942. The number of hydrogen-bond donors (Lipinski definition) is 2. The topological polar surface area (TPSA) is 113 Å². The van der Waals surface area contributed by atoms with Gasteiger partial charge in [-0.3, -0.25) is 0 Å². The van der Waals surface area contributed by atoms with Crippen LogP contribution in [0.5, 0.6) is 0 Å². The SMILES string of the molecule is CC1(NC(=O)O[C@H]2C=C(c3cnc(Nc4ccc(C#N)cn4)nc3)CC2)CC1. The zero-order chi connectivity index (χ0) is 19.6. The van der Waals surface area contributed by atoms with Crippen molar-refractivity contribution in [2.24, 2.45) is 0 Å². The minimum atomic E-state index is -0.354. The second kappa shape index (κ2) is 7.27. The molecule has 1 saturated carbocycles. The summed E-state index contributed by atoms with van der Waals surface area (Å²) in [6.45, 7) is 2.02. The predicted molar refractivity (Wildman–Crippen MR) is 103 cm³/mol. The quantitative estimate of drug-likeness (QED) is 0.823. The third-order valence-corrected chi connectivity index (χ3v) is 4.90. The van der Waals surface area contributed by atoms with Crippen LogP contribution in [0.4, 0.5) is 16.6 Å². The van der Waals surface area contributed by atoms with Gasteiger partial charge in [-0.2, -0.15) is 5.26 Å². The number of nitrogens with one attached hydrogen (secondary N) is 2. The molecule has 2 aromatic heterocycles. The zero-order valence-corrected chi connectivity index (χ0v) is 15.5. The average molecular weight is 376 g/mol. The van der Waals surface area contributed by atoms with Gasteiger partial charge in [0.1, 0.15) is 18.0 Å². The summed E-state index contributed by atoms with van der Waals surface area (Å²) in [5.74, 6) is 0.986. The maximum atomic E-state index is 11.9. The molecule has 8 heteroatoms. The molecule has 0 bridgehead atoms. The molecule has 0 unspecified atom stereocenters. The van der Waals surface area contributed by atoms with Gasteiger partial charge in [0.15, 0.2) is 0 Å². The van der Waals surface area contributed by atoms with Crippen LogP contribution in [-0.4, -0.2) is 32.7 Å². The number of aromatic nitrogens is 3. The number of alkyl carbamates (subject to hydrolysis) is 1. The van der Waals surface area contributed by atoms with Crippen LogP contribution >= 0.6 is 0 Å². The van der Waals surface area contributed by atoms with Crippen LogP contribution in [-0.2, 0) is 4.74 Å². The van der Waals surface area contributed by atoms with Crippen molar-refractivity contribution in [1.82, 2.24) is 20.3 Å². The molecule has 2 heterocycles. The second-order valence-electron chi connectivity index (χ2n) is 7.32. The maximum Gasteiger partial charge on any atom is 0.408 e. The molecule has 0 radical (unpaired) electrons. The highest BCUT2D eigenvalue weighted by Gasteiger charge is 2.39. The van der Waals surface area contributed by atoms with Crippen LogP contribution in [0, 0.1) is 11.3 Å². The second-order valence-corrected chi connectivity index (χ2v) is 7.32. The van der Waals surface area contributed by atoms with Gasteiger partial charge < -0.3 is 15.4 Å². The number of allylic oxidation sites excluding steroid dienone is 1. The van der Waals surface area contributed by atoms with Gasteiger partial charge in [0.25, 0.3) is 0 Å². The number of rotatable bonds is 5. The minimum absolute atomic E-state index is 0.0807. The number of carbonyl (C=O) groups excluding carboxylic acids is 1. The Morgan fingerprint density at radius 3 is 2.68 bits per heavy atom. The molecule has 28 heavy (non-hydrogen) atoms. The van der Waals surface area contributed by atoms with Gasteiger partial charge in [-0.25, -0.2) is 19.7 Å². The van der Waals surface area contributed by atoms with E-state index in [0.717, 1.165) is 36.8 Å². The van der Waals surface area contributed by atoms with E-state index in [9.17, 15) is 4.79 Å².